The summed E-state index contributed by atoms with van der Waals surface area (Å²) in [7, 11) is 0. The highest BCUT2D eigenvalue weighted by atomic mass is 32.2. The van der Waals surface area contributed by atoms with Gasteiger partial charge in [0.2, 0.25) is 0 Å². The molecule has 90 valence electrons. The highest BCUT2D eigenvalue weighted by Gasteiger charge is 2.28. The van der Waals surface area contributed by atoms with E-state index < -0.39 is 0 Å². The predicted octanol–water partition coefficient (Wildman–Crippen LogP) is 3.56. The molecule has 0 amide bonds. The number of aliphatic hydroxyl groups excluding tert-OH is 1. The third-order valence-corrected chi connectivity index (χ3v) is 4.67. The number of aliphatic hydroxyl groups is 1. The van der Waals surface area contributed by atoms with Crippen molar-refractivity contribution in [1.82, 2.24) is 0 Å². The van der Waals surface area contributed by atoms with Crippen LogP contribution in [0.15, 0.2) is 0 Å². The molecule has 3 atom stereocenters. The van der Waals surface area contributed by atoms with Crippen LogP contribution >= 0.6 is 11.8 Å². The minimum atomic E-state index is -0.0632. The fourth-order valence-electron chi connectivity index (χ4n) is 2.81. The van der Waals surface area contributed by atoms with Crippen LogP contribution in [0, 0.1) is 17.8 Å². The molecule has 2 heteroatoms. The molecular formula is C13H26OS. The van der Waals surface area contributed by atoms with Crippen LogP contribution in [0.3, 0.4) is 0 Å². The normalized spacial score (nSPS) is 34.0. The molecule has 0 aliphatic heterocycles. The second kappa shape index (κ2) is 6.80. The Bertz CT molecular complexity index is 162. The summed E-state index contributed by atoms with van der Waals surface area (Å²) in [6.07, 6.45) is 4.98. The zero-order valence-electron chi connectivity index (χ0n) is 10.4. The lowest BCUT2D eigenvalue weighted by Gasteiger charge is -2.34. The van der Waals surface area contributed by atoms with E-state index >= 15 is 0 Å². The molecule has 1 rings (SSSR count). The van der Waals surface area contributed by atoms with Crippen LogP contribution in [0.2, 0.25) is 0 Å². The summed E-state index contributed by atoms with van der Waals surface area (Å²) in [5.41, 5.74) is 0. The minimum absolute atomic E-state index is 0.0632. The minimum Gasteiger partial charge on any atom is -0.392 e. The third kappa shape index (κ3) is 4.78. The SMILES string of the molecule is CCCSCC(O)C1CC(C)CC(C)C1. The summed E-state index contributed by atoms with van der Waals surface area (Å²) < 4.78 is 0. The maximum Gasteiger partial charge on any atom is 0.0658 e. The van der Waals surface area contributed by atoms with E-state index in [4.69, 9.17) is 0 Å². The summed E-state index contributed by atoms with van der Waals surface area (Å²) in [5, 5.41) is 10.1. The average Bonchev–Trinajstić information content (AvgIpc) is 2.16. The smallest absolute Gasteiger partial charge is 0.0658 e. The molecule has 3 unspecified atom stereocenters. The lowest BCUT2D eigenvalue weighted by Crippen LogP contribution is -2.30. The van der Waals surface area contributed by atoms with Crippen LogP contribution in [0.4, 0.5) is 0 Å². The lowest BCUT2D eigenvalue weighted by atomic mass is 9.75. The number of thioether (sulfide) groups is 1. The molecule has 0 radical (unpaired) electrons. The Morgan fingerprint density at radius 3 is 2.33 bits per heavy atom. The molecule has 0 aromatic carbocycles. The van der Waals surface area contributed by atoms with E-state index in [1.165, 1.54) is 31.4 Å². The second-order valence-corrected chi connectivity index (χ2v) is 6.47. The molecule has 1 aliphatic carbocycles. The monoisotopic (exact) mass is 230 g/mol. The largest absolute Gasteiger partial charge is 0.392 e. The predicted molar refractivity (Wildman–Crippen MR) is 69.3 cm³/mol. The molecule has 0 saturated heterocycles. The van der Waals surface area contributed by atoms with Gasteiger partial charge in [-0.15, -0.1) is 0 Å². The highest BCUT2D eigenvalue weighted by molar-refractivity contribution is 7.99. The van der Waals surface area contributed by atoms with Gasteiger partial charge < -0.3 is 5.11 Å². The molecule has 15 heavy (non-hydrogen) atoms. The Labute approximate surface area is 99.0 Å². The molecule has 0 spiro atoms. The van der Waals surface area contributed by atoms with E-state index in [-0.39, 0.29) is 6.10 Å². The van der Waals surface area contributed by atoms with E-state index in [1.807, 2.05) is 11.8 Å². The maximum atomic E-state index is 10.1. The molecule has 1 saturated carbocycles. The van der Waals surface area contributed by atoms with Crippen molar-refractivity contribution in [2.24, 2.45) is 17.8 Å². The Hall–Kier alpha value is 0.310. The van der Waals surface area contributed by atoms with Crippen LogP contribution in [0.5, 0.6) is 0 Å². The number of hydrogen-bond acceptors (Lipinski definition) is 2. The van der Waals surface area contributed by atoms with Crippen molar-refractivity contribution in [1.29, 1.82) is 0 Å². The molecule has 0 heterocycles. The summed E-state index contributed by atoms with van der Waals surface area (Å²) in [6, 6.07) is 0. The van der Waals surface area contributed by atoms with Crippen molar-refractivity contribution in [3.8, 4) is 0 Å². The quantitative estimate of drug-likeness (QED) is 0.729. The van der Waals surface area contributed by atoms with Crippen molar-refractivity contribution >= 4 is 11.8 Å². The Morgan fingerprint density at radius 1 is 1.20 bits per heavy atom. The fourth-order valence-corrected chi connectivity index (χ4v) is 3.78. The number of rotatable bonds is 5. The Morgan fingerprint density at radius 2 is 1.80 bits per heavy atom. The van der Waals surface area contributed by atoms with Gasteiger partial charge in [-0.1, -0.05) is 20.8 Å². The van der Waals surface area contributed by atoms with Crippen LogP contribution in [0.25, 0.3) is 0 Å². The van der Waals surface area contributed by atoms with Gasteiger partial charge in [-0.05, 0) is 49.2 Å². The highest BCUT2D eigenvalue weighted by Crippen LogP contribution is 2.35. The maximum absolute atomic E-state index is 10.1. The number of hydrogen-bond donors (Lipinski definition) is 1. The molecule has 1 nitrogen and oxygen atoms in total. The average molecular weight is 230 g/mol. The van der Waals surface area contributed by atoms with E-state index in [9.17, 15) is 5.11 Å². The molecular weight excluding hydrogens is 204 g/mol. The van der Waals surface area contributed by atoms with Crippen molar-refractivity contribution in [3.63, 3.8) is 0 Å². The topological polar surface area (TPSA) is 20.2 Å². The molecule has 1 fully saturated rings. The first-order chi connectivity index (χ1) is 7.13. The van der Waals surface area contributed by atoms with Crippen LogP contribution in [-0.2, 0) is 0 Å². The first-order valence-corrected chi connectivity index (χ1v) is 7.54. The van der Waals surface area contributed by atoms with Gasteiger partial charge >= 0.3 is 0 Å². The van der Waals surface area contributed by atoms with Gasteiger partial charge in [0, 0.05) is 5.75 Å². The van der Waals surface area contributed by atoms with E-state index in [1.54, 1.807) is 0 Å². The lowest BCUT2D eigenvalue weighted by molar-refractivity contribution is 0.0723. The van der Waals surface area contributed by atoms with Crippen LogP contribution in [0.1, 0.15) is 46.5 Å². The van der Waals surface area contributed by atoms with Gasteiger partial charge in [0.15, 0.2) is 0 Å². The van der Waals surface area contributed by atoms with Gasteiger partial charge in [-0.2, -0.15) is 11.8 Å². The van der Waals surface area contributed by atoms with E-state index in [2.05, 4.69) is 20.8 Å². The van der Waals surface area contributed by atoms with Crippen LogP contribution < -0.4 is 0 Å². The van der Waals surface area contributed by atoms with Gasteiger partial charge in [-0.25, -0.2) is 0 Å². The summed E-state index contributed by atoms with van der Waals surface area (Å²) in [5.74, 6) is 4.31. The fraction of sp³-hybridized carbons (Fsp3) is 1.00. The first-order valence-electron chi connectivity index (χ1n) is 6.39. The van der Waals surface area contributed by atoms with Crippen molar-refractivity contribution in [2.75, 3.05) is 11.5 Å². The van der Waals surface area contributed by atoms with E-state index in [0.717, 1.165) is 17.6 Å². The Balaban J connectivity index is 2.28. The summed E-state index contributed by atoms with van der Waals surface area (Å²) in [4.78, 5) is 0. The molecule has 1 aliphatic rings. The van der Waals surface area contributed by atoms with Crippen molar-refractivity contribution in [2.45, 2.75) is 52.6 Å². The zero-order valence-corrected chi connectivity index (χ0v) is 11.2. The van der Waals surface area contributed by atoms with Gasteiger partial charge in [0.1, 0.15) is 0 Å². The second-order valence-electron chi connectivity index (χ2n) is 5.32. The van der Waals surface area contributed by atoms with Crippen molar-refractivity contribution in [3.05, 3.63) is 0 Å². The van der Waals surface area contributed by atoms with Crippen LogP contribution in [-0.4, -0.2) is 22.7 Å². The van der Waals surface area contributed by atoms with Gasteiger partial charge in [0.05, 0.1) is 6.10 Å². The van der Waals surface area contributed by atoms with Gasteiger partial charge in [0.25, 0.3) is 0 Å². The third-order valence-electron chi connectivity index (χ3n) is 3.40. The van der Waals surface area contributed by atoms with Gasteiger partial charge in [-0.3, -0.25) is 0 Å². The summed E-state index contributed by atoms with van der Waals surface area (Å²) in [6.45, 7) is 6.85. The molecule has 1 N–H and O–H groups in total. The summed E-state index contributed by atoms with van der Waals surface area (Å²) >= 11 is 1.91. The molecule has 0 aromatic rings. The first kappa shape index (κ1) is 13.4. The Kier molecular flexibility index (Phi) is 6.06. The standard InChI is InChI=1S/C13H26OS/c1-4-5-15-9-13(14)12-7-10(2)6-11(3)8-12/h10-14H,4-9H2,1-3H3. The molecule has 0 bridgehead atoms. The van der Waals surface area contributed by atoms with E-state index in [0.29, 0.717) is 5.92 Å². The zero-order chi connectivity index (χ0) is 11.3. The van der Waals surface area contributed by atoms with Crippen molar-refractivity contribution < 1.29 is 5.11 Å². The molecule has 0 aromatic heterocycles.